The van der Waals surface area contributed by atoms with Crippen LogP contribution in [-0.2, 0) is 0 Å². The van der Waals surface area contributed by atoms with E-state index in [1.165, 1.54) is 30.8 Å². The van der Waals surface area contributed by atoms with Crippen LogP contribution in [0.3, 0.4) is 0 Å². The second-order valence-electron chi connectivity index (χ2n) is 7.05. The SMILES string of the molecule is CCNC(=NCC1(C)CCCCC1O)NCC1CCSCC1. The average molecular weight is 328 g/mol. The summed E-state index contributed by atoms with van der Waals surface area (Å²) in [5.74, 6) is 4.29. The zero-order valence-corrected chi connectivity index (χ0v) is 15.1. The largest absolute Gasteiger partial charge is 0.392 e. The Kier molecular flexibility index (Phi) is 7.35. The first-order chi connectivity index (χ1) is 10.6. The van der Waals surface area contributed by atoms with Crippen molar-refractivity contribution in [2.45, 2.75) is 58.5 Å². The van der Waals surface area contributed by atoms with Crippen LogP contribution in [0.5, 0.6) is 0 Å². The maximum Gasteiger partial charge on any atom is 0.191 e. The number of rotatable bonds is 5. The van der Waals surface area contributed by atoms with Gasteiger partial charge in [-0.2, -0.15) is 11.8 Å². The van der Waals surface area contributed by atoms with Crippen molar-refractivity contribution in [3.8, 4) is 0 Å². The number of aliphatic hydroxyl groups excluding tert-OH is 1. The molecular formula is C17H33N3OS. The van der Waals surface area contributed by atoms with Crippen LogP contribution in [0.4, 0.5) is 0 Å². The van der Waals surface area contributed by atoms with Gasteiger partial charge in [0.25, 0.3) is 0 Å². The lowest BCUT2D eigenvalue weighted by Gasteiger charge is -2.37. The van der Waals surface area contributed by atoms with E-state index in [1.54, 1.807) is 0 Å². The fourth-order valence-electron chi connectivity index (χ4n) is 3.36. The first-order valence-corrected chi connectivity index (χ1v) is 10.1. The highest BCUT2D eigenvalue weighted by atomic mass is 32.2. The maximum atomic E-state index is 10.3. The molecule has 2 aliphatic rings. The summed E-state index contributed by atoms with van der Waals surface area (Å²) >= 11 is 2.07. The van der Waals surface area contributed by atoms with Crippen LogP contribution in [0.2, 0.25) is 0 Å². The molecule has 128 valence electrons. The van der Waals surface area contributed by atoms with Gasteiger partial charge in [0.1, 0.15) is 0 Å². The Bertz CT molecular complexity index is 358. The molecule has 1 heterocycles. The minimum atomic E-state index is -0.205. The van der Waals surface area contributed by atoms with Gasteiger partial charge in [-0.05, 0) is 50.0 Å². The Labute approximate surface area is 139 Å². The van der Waals surface area contributed by atoms with Crippen molar-refractivity contribution in [2.75, 3.05) is 31.1 Å². The molecule has 1 aliphatic carbocycles. The molecule has 0 aromatic carbocycles. The molecule has 0 spiro atoms. The second-order valence-corrected chi connectivity index (χ2v) is 8.27. The Morgan fingerprint density at radius 1 is 1.23 bits per heavy atom. The van der Waals surface area contributed by atoms with Gasteiger partial charge in [-0.25, -0.2) is 0 Å². The van der Waals surface area contributed by atoms with E-state index in [0.717, 1.165) is 44.2 Å². The summed E-state index contributed by atoms with van der Waals surface area (Å²) in [6.45, 7) is 6.90. The van der Waals surface area contributed by atoms with E-state index >= 15 is 0 Å². The standard InChI is InChI=1S/C17H33N3OS/c1-3-18-16(19-12-14-7-10-22-11-8-14)20-13-17(2)9-5-4-6-15(17)21/h14-15,21H,3-13H2,1-2H3,(H2,18,19,20). The van der Waals surface area contributed by atoms with Crippen LogP contribution in [0.15, 0.2) is 4.99 Å². The highest BCUT2D eigenvalue weighted by Crippen LogP contribution is 2.36. The fraction of sp³-hybridized carbons (Fsp3) is 0.941. The Balaban J connectivity index is 1.85. The van der Waals surface area contributed by atoms with Crippen LogP contribution in [0.1, 0.15) is 52.4 Å². The van der Waals surface area contributed by atoms with Crippen molar-refractivity contribution in [1.29, 1.82) is 0 Å². The number of nitrogens with one attached hydrogen (secondary N) is 2. The minimum Gasteiger partial charge on any atom is -0.392 e. The smallest absolute Gasteiger partial charge is 0.191 e. The number of aliphatic hydroxyl groups is 1. The van der Waals surface area contributed by atoms with E-state index < -0.39 is 0 Å². The van der Waals surface area contributed by atoms with Gasteiger partial charge in [0.15, 0.2) is 5.96 Å². The van der Waals surface area contributed by atoms with Crippen molar-refractivity contribution >= 4 is 17.7 Å². The van der Waals surface area contributed by atoms with Crippen LogP contribution >= 0.6 is 11.8 Å². The van der Waals surface area contributed by atoms with Crippen molar-refractivity contribution < 1.29 is 5.11 Å². The third kappa shape index (κ3) is 5.34. The molecule has 3 N–H and O–H groups in total. The molecule has 2 atom stereocenters. The molecular weight excluding hydrogens is 294 g/mol. The van der Waals surface area contributed by atoms with E-state index in [0.29, 0.717) is 6.54 Å². The van der Waals surface area contributed by atoms with Crippen molar-refractivity contribution in [3.05, 3.63) is 0 Å². The molecule has 1 saturated heterocycles. The molecule has 0 radical (unpaired) electrons. The first kappa shape index (κ1) is 17.9. The number of hydrogen-bond donors (Lipinski definition) is 3. The van der Waals surface area contributed by atoms with E-state index in [1.807, 2.05) is 0 Å². The number of nitrogens with zero attached hydrogens (tertiary/aromatic N) is 1. The van der Waals surface area contributed by atoms with Crippen molar-refractivity contribution in [3.63, 3.8) is 0 Å². The lowest BCUT2D eigenvalue weighted by Crippen LogP contribution is -2.43. The molecule has 5 heteroatoms. The van der Waals surface area contributed by atoms with Crippen LogP contribution in [0, 0.1) is 11.3 Å². The normalized spacial score (nSPS) is 31.0. The Morgan fingerprint density at radius 2 is 2.00 bits per heavy atom. The molecule has 1 saturated carbocycles. The van der Waals surface area contributed by atoms with Crippen molar-refractivity contribution in [1.82, 2.24) is 10.6 Å². The number of hydrogen-bond acceptors (Lipinski definition) is 3. The zero-order chi connectivity index (χ0) is 15.8. The van der Waals surface area contributed by atoms with Crippen LogP contribution in [-0.4, -0.2) is 48.3 Å². The van der Waals surface area contributed by atoms with E-state index in [2.05, 4.69) is 36.2 Å². The zero-order valence-electron chi connectivity index (χ0n) is 14.2. The highest BCUT2D eigenvalue weighted by molar-refractivity contribution is 7.99. The number of thioether (sulfide) groups is 1. The summed E-state index contributed by atoms with van der Waals surface area (Å²) in [5.41, 5.74) is -0.0535. The summed E-state index contributed by atoms with van der Waals surface area (Å²) in [4.78, 5) is 4.77. The fourth-order valence-corrected chi connectivity index (χ4v) is 4.56. The molecule has 2 rings (SSSR count). The third-order valence-electron chi connectivity index (χ3n) is 5.12. The number of guanidine groups is 1. The predicted molar refractivity (Wildman–Crippen MR) is 96.6 cm³/mol. The second kappa shape index (κ2) is 9.02. The maximum absolute atomic E-state index is 10.3. The molecule has 0 aromatic heterocycles. The molecule has 0 bridgehead atoms. The number of aliphatic imine (C=N–C) groups is 1. The monoisotopic (exact) mass is 327 g/mol. The predicted octanol–water partition coefficient (Wildman–Crippen LogP) is 2.63. The molecule has 2 unspecified atom stereocenters. The molecule has 22 heavy (non-hydrogen) atoms. The first-order valence-electron chi connectivity index (χ1n) is 8.92. The van der Waals surface area contributed by atoms with Gasteiger partial charge in [0.2, 0.25) is 0 Å². The van der Waals surface area contributed by atoms with Gasteiger partial charge in [-0.3, -0.25) is 4.99 Å². The van der Waals surface area contributed by atoms with E-state index in [4.69, 9.17) is 4.99 Å². The highest BCUT2D eigenvalue weighted by Gasteiger charge is 2.35. The Morgan fingerprint density at radius 3 is 2.68 bits per heavy atom. The summed E-state index contributed by atoms with van der Waals surface area (Å²) in [5, 5.41) is 17.1. The lowest BCUT2D eigenvalue weighted by atomic mass is 9.73. The molecule has 0 amide bonds. The summed E-state index contributed by atoms with van der Waals surface area (Å²) in [6.07, 6.45) is 6.79. The minimum absolute atomic E-state index is 0.0535. The van der Waals surface area contributed by atoms with Gasteiger partial charge in [-0.15, -0.1) is 0 Å². The third-order valence-corrected chi connectivity index (χ3v) is 6.17. The van der Waals surface area contributed by atoms with Gasteiger partial charge in [-0.1, -0.05) is 19.8 Å². The molecule has 1 aliphatic heterocycles. The van der Waals surface area contributed by atoms with Gasteiger partial charge in [0, 0.05) is 18.5 Å². The van der Waals surface area contributed by atoms with Gasteiger partial charge in [0.05, 0.1) is 12.6 Å². The van der Waals surface area contributed by atoms with Crippen LogP contribution < -0.4 is 10.6 Å². The van der Waals surface area contributed by atoms with E-state index in [-0.39, 0.29) is 11.5 Å². The van der Waals surface area contributed by atoms with Gasteiger partial charge >= 0.3 is 0 Å². The molecule has 0 aromatic rings. The molecule has 2 fully saturated rings. The Hall–Kier alpha value is -0.420. The summed E-state index contributed by atoms with van der Waals surface area (Å²) < 4.78 is 0. The average Bonchev–Trinajstić information content (AvgIpc) is 2.54. The molecule has 4 nitrogen and oxygen atoms in total. The summed E-state index contributed by atoms with van der Waals surface area (Å²) in [7, 11) is 0. The van der Waals surface area contributed by atoms with Crippen LogP contribution in [0.25, 0.3) is 0 Å². The summed E-state index contributed by atoms with van der Waals surface area (Å²) in [6, 6.07) is 0. The topological polar surface area (TPSA) is 56.7 Å². The lowest BCUT2D eigenvalue weighted by molar-refractivity contribution is 0.00716. The van der Waals surface area contributed by atoms with E-state index in [9.17, 15) is 5.11 Å². The van der Waals surface area contributed by atoms with Crippen molar-refractivity contribution in [2.24, 2.45) is 16.3 Å². The quantitative estimate of drug-likeness (QED) is 0.537. The van der Waals surface area contributed by atoms with Gasteiger partial charge < -0.3 is 15.7 Å².